The van der Waals surface area contributed by atoms with E-state index in [4.69, 9.17) is 0 Å². The summed E-state index contributed by atoms with van der Waals surface area (Å²) in [5, 5.41) is 1.75. The second-order valence-electron chi connectivity index (χ2n) is 2.32. The minimum Gasteiger partial charge on any atom is -0.169 e. The SMILES string of the molecule is [O][SH]1C=C(Br)c2ccccc21. The Morgan fingerprint density at radius 3 is 2.73 bits per heavy atom. The monoisotopic (exact) mass is 229 g/mol. The Morgan fingerprint density at radius 2 is 2.00 bits per heavy atom. The minimum absolute atomic E-state index is 0.939. The van der Waals surface area contributed by atoms with Crippen molar-refractivity contribution < 1.29 is 4.55 Å². The van der Waals surface area contributed by atoms with Crippen LogP contribution < -0.4 is 0 Å². The predicted octanol–water partition coefficient (Wildman–Crippen LogP) is 3.10. The summed E-state index contributed by atoms with van der Waals surface area (Å²) in [5.74, 6) is 0. The zero-order valence-electron chi connectivity index (χ0n) is 5.62. The van der Waals surface area contributed by atoms with Crippen molar-refractivity contribution in [3.63, 3.8) is 0 Å². The summed E-state index contributed by atoms with van der Waals surface area (Å²) in [7, 11) is 0. The van der Waals surface area contributed by atoms with E-state index < -0.39 is 11.2 Å². The van der Waals surface area contributed by atoms with E-state index in [2.05, 4.69) is 15.9 Å². The Hall–Kier alpha value is -0.250. The number of halogens is 1. The van der Waals surface area contributed by atoms with Crippen molar-refractivity contribution in [2.45, 2.75) is 4.90 Å². The Bertz CT molecular complexity index is 322. The van der Waals surface area contributed by atoms with Crippen molar-refractivity contribution in [1.29, 1.82) is 0 Å². The average molecular weight is 230 g/mol. The molecule has 1 nitrogen and oxygen atoms in total. The fourth-order valence-corrected chi connectivity index (χ4v) is 3.32. The molecule has 0 aromatic heterocycles. The Morgan fingerprint density at radius 1 is 1.27 bits per heavy atom. The van der Waals surface area contributed by atoms with E-state index in [-0.39, 0.29) is 0 Å². The van der Waals surface area contributed by atoms with E-state index in [0.29, 0.717) is 0 Å². The summed E-state index contributed by atoms with van der Waals surface area (Å²) in [6.45, 7) is 0. The summed E-state index contributed by atoms with van der Waals surface area (Å²) in [4.78, 5) is 0.939. The first-order valence-corrected chi connectivity index (χ1v) is 5.34. The van der Waals surface area contributed by atoms with E-state index in [0.717, 1.165) is 14.9 Å². The molecule has 1 aliphatic rings. The number of fused-ring (bicyclic) bond motifs is 1. The summed E-state index contributed by atoms with van der Waals surface area (Å²) >= 11 is 2.08. The molecule has 1 aliphatic heterocycles. The molecule has 0 fully saturated rings. The Kier molecular flexibility index (Phi) is 1.79. The van der Waals surface area contributed by atoms with Gasteiger partial charge in [0.15, 0.2) is 0 Å². The highest BCUT2D eigenvalue weighted by molar-refractivity contribution is 9.15. The van der Waals surface area contributed by atoms with Crippen LogP contribution in [0.3, 0.4) is 0 Å². The number of thiol groups is 1. The number of benzene rings is 1. The molecular formula is C8H6BrOS. The number of rotatable bonds is 0. The largest absolute Gasteiger partial charge is 0.169 e. The molecule has 0 amide bonds. The molecule has 0 saturated carbocycles. The second kappa shape index (κ2) is 2.66. The highest BCUT2D eigenvalue weighted by Crippen LogP contribution is 2.49. The molecule has 0 saturated heterocycles. The smallest absolute Gasteiger partial charge is 0.0329 e. The van der Waals surface area contributed by atoms with Gasteiger partial charge in [0.05, 0.1) is 0 Å². The molecule has 0 bridgehead atoms. The van der Waals surface area contributed by atoms with Crippen molar-refractivity contribution in [3.8, 4) is 0 Å². The summed E-state index contributed by atoms with van der Waals surface area (Å²) in [5.41, 5.74) is 1.06. The van der Waals surface area contributed by atoms with Gasteiger partial charge in [-0.3, -0.25) is 0 Å². The van der Waals surface area contributed by atoms with Gasteiger partial charge in [0.25, 0.3) is 0 Å². The van der Waals surface area contributed by atoms with Gasteiger partial charge in [-0.2, -0.15) is 4.55 Å². The van der Waals surface area contributed by atoms with Gasteiger partial charge in [0.1, 0.15) is 0 Å². The molecule has 1 aromatic carbocycles. The van der Waals surface area contributed by atoms with E-state index in [1.54, 1.807) is 5.41 Å². The molecule has 0 spiro atoms. The van der Waals surface area contributed by atoms with E-state index >= 15 is 0 Å². The first-order valence-electron chi connectivity index (χ1n) is 3.22. The summed E-state index contributed by atoms with van der Waals surface area (Å²) in [6.07, 6.45) is 0. The predicted molar refractivity (Wildman–Crippen MR) is 51.3 cm³/mol. The van der Waals surface area contributed by atoms with Gasteiger partial charge in [0, 0.05) is 14.9 Å². The molecule has 1 radical (unpaired) electrons. The lowest BCUT2D eigenvalue weighted by Gasteiger charge is -2.02. The maximum absolute atomic E-state index is 11.3. The first-order chi connectivity index (χ1) is 5.29. The van der Waals surface area contributed by atoms with Crippen LogP contribution in [0.5, 0.6) is 0 Å². The van der Waals surface area contributed by atoms with E-state index in [1.807, 2.05) is 24.3 Å². The molecule has 1 aromatic rings. The van der Waals surface area contributed by atoms with Crippen LogP contribution in [0.1, 0.15) is 5.56 Å². The standard InChI is InChI=1S/C8H6BrOS/c9-7-5-11(10)8-4-2-1-3-6(7)8/h1-5,11H. The first kappa shape index (κ1) is 7.40. The van der Waals surface area contributed by atoms with Crippen molar-refractivity contribution in [1.82, 2.24) is 0 Å². The average Bonchev–Trinajstić information content (AvgIpc) is 2.30. The Labute approximate surface area is 76.4 Å². The third-order valence-electron chi connectivity index (χ3n) is 1.63. The van der Waals surface area contributed by atoms with Crippen molar-refractivity contribution in [2.75, 3.05) is 0 Å². The van der Waals surface area contributed by atoms with Crippen LogP contribution in [0, 0.1) is 0 Å². The maximum atomic E-state index is 11.3. The van der Waals surface area contributed by atoms with Crippen LogP contribution in [0.4, 0.5) is 0 Å². The van der Waals surface area contributed by atoms with Gasteiger partial charge in [-0.25, -0.2) is 0 Å². The van der Waals surface area contributed by atoms with Crippen LogP contribution >= 0.6 is 27.1 Å². The van der Waals surface area contributed by atoms with Gasteiger partial charge in [0.2, 0.25) is 0 Å². The van der Waals surface area contributed by atoms with Crippen molar-refractivity contribution >= 4 is 31.6 Å². The zero-order valence-corrected chi connectivity index (χ0v) is 8.10. The minimum atomic E-state index is -1.28. The molecule has 3 heteroatoms. The van der Waals surface area contributed by atoms with E-state index in [1.165, 1.54) is 0 Å². The molecular weight excluding hydrogens is 224 g/mol. The fraction of sp³-hybridized carbons (Fsp3) is 0. The third-order valence-corrected chi connectivity index (χ3v) is 4.00. The topological polar surface area (TPSA) is 19.9 Å². The molecule has 57 valence electrons. The zero-order chi connectivity index (χ0) is 7.84. The Balaban J connectivity index is 2.62. The quantitative estimate of drug-likeness (QED) is 0.661. The normalized spacial score (nSPS) is 24.5. The lowest BCUT2D eigenvalue weighted by Crippen LogP contribution is -1.75. The molecule has 2 rings (SSSR count). The molecule has 11 heavy (non-hydrogen) atoms. The van der Waals surface area contributed by atoms with Gasteiger partial charge >= 0.3 is 0 Å². The van der Waals surface area contributed by atoms with Crippen LogP contribution in [-0.2, 0) is 4.55 Å². The third kappa shape index (κ3) is 1.13. The molecule has 1 heterocycles. The van der Waals surface area contributed by atoms with Crippen molar-refractivity contribution in [2.24, 2.45) is 0 Å². The summed E-state index contributed by atoms with van der Waals surface area (Å²) < 4.78 is 12.3. The van der Waals surface area contributed by atoms with Crippen LogP contribution in [0.25, 0.3) is 4.48 Å². The summed E-state index contributed by atoms with van der Waals surface area (Å²) in [6, 6.07) is 7.73. The highest BCUT2D eigenvalue weighted by atomic mass is 79.9. The lowest BCUT2D eigenvalue weighted by molar-refractivity contribution is 0.523. The van der Waals surface area contributed by atoms with Gasteiger partial charge in [-0.1, -0.05) is 29.4 Å². The van der Waals surface area contributed by atoms with Crippen LogP contribution in [-0.4, -0.2) is 0 Å². The number of hydrogen-bond donors (Lipinski definition) is 1. The van der Waals surface area contributed by atoms with Gasteiger partial charge < -0.3 is 0 Å². The molecule has 1 atom stereocenters. The fourth-order valence-electron chi connectivity index (χ4n) is 1.11. The number of hydrogen-bond acceptors (Lipinski definition) is 0. The molecule has 1 unspecified atom stereocenters. The lowest BCUT2D eigenvalue weighted by atomic mass is 10.2. The molecule has 0 N–H and O–H groups in total. The second-order valence-corrected chi connectivity index (χ2v) is 4.57. The maximum Gasteiger partial charge on any atom is 0.0329 e. The van der Waals surface area contributed by atoms with Gasteiger partial charge in [-0.15, -0.1) is 0 Å². The van der Waals surface area contributed by atoms with E-state index in [9.17, 15) is 4.55 Å². The van der Waals surface area contributed by atoms with Crippen molar-refractivity contribution in [3.05, 3.63) is 35.2 Å². The van der Waals surface area contributed by atoms with Gasteiger partial charge in [-0.05, 0) is 27.4 Å². The van der Waals surface area contributed by atoms with Crippen LogP contribution in [0.2, 0.25) is 0 Å². The highest BCUT2D eigenvalue weighted by Gasteiger charge is 2.17. The van der Waals surface area contributed by atoms with Crippen LogP contribution in [0.15, 0.2) is 34.6 Å². The molecule has 0 aliphatic carbocycles.